The van der Waals surface area contributed by atoms with Crippen LogP contribution in [0.1, 0.15) is 51.3 Å². The second kappa shape index (κ2) is 9.94. The van der Waals surface area contributed by atoms with E-state index in [4.69, 9.17) is 0 Å². The van der Waals surface area contributed by atoms with Gasteiger partial charge in [-0.15, -0.1) is 0 Å². The van der Waals surface area contributed by atoms with Crippen molar-refractivity contribution >= 4 is 29.3 Å². The second-order valence-corrected chi connectivity index (χ2v) is 9.41. The highest BCUT2D eigenvalue weighted by atomic mass is 19.4. The quantitative estimate of drug-likeness (QED) is 0.427. The Kier molecular flexibility index (Phi) is 7.42. The summed E-state index contributed by atoms with van der Waals surface area (Å²) in [5.74, 6) is -1.28. The first kappa shape index (κ1) is 25.4. The van der Waals surface area contributed by atoms with E-state index < -0.39 is 35.7 Å². The number of alkyl halides is 3. The molecule has 1 fully saturated rings. The van der Waals surface area contributed by atoms with Crippen LogP contribution in [0.3, 0.4) is 0 Å². The zero-order valence-electron chi connectivity index (χ0n) is 19.4. The Bertz CT molecular complexity index is 1030. The fourth-order valence-corrected chi connectivity index (χ4v) is 3.88. The molecule has 1 saturated carbocycles. The molecule has 3 N–H and O–H groups in total. The Balaban J connectivity index is 1.87. The van der Waals surface area contributed by atoms with Gasteiger partial charge in [0.15, 0.2) is 5.69 Å². The van der Waals surface area contributed by atoms with Gasteiger partial charge in [0.2, 0.25) is 5.88 Å². The molecule has 1 aliphatic carbocycles. The number of anilines is 3. The SMILES string of the molecule is CC(C)CN(CC(C)C)c1ccc([C@@H]2C[C@@H]2C(=O)O)cc1NC(=O)Nc1cc(C(F)(F)F)no1. The Labute approximate surface area is 195 Å². The first-order valence-electron chi connectivity index (χ1n) is 11.1. The van der Waals surface area contributed by atoms with E-state index in [0.29, 0.717) is 43.1 Å². The van der Waals surface area contributed by atoms with Gasteiger partial charge in [-0.1, -0.05) is 38.9 Å². The Morgan fingerprint density at radius 3 is 2.29 bits per heavy atom. The molecular formula is C23H29F3N4O4. The summed E-state index contributed by atoms with van der Waals surface area (Å²) in [4.78, 5) is 26.1. The van der Waals surface area contributed by atoms with Gasteiger partial charge in [0.25, 0.3) is 0 Å². The number of nitrogens with one attached hydrogen (secondary N) is 2. The van der Waals surface area contributed by atoms with Crippen molar-refractivity contribution in [2.24, 2.45) is 17.8 Å². The van der Waals surface area contributed by atoms with Crippen LogP contribution in [0.4, 0.5) is 35.2 Å². The standard InChI is InChI=1S/C23H29F3N4O4/c1-12(2)10-30(11-13(3)4)18-6-5-14(15-8-16(15)21(31)32)7-17(18)27-22(33)28-20-9-19(29-34-20)23(24,25)26/h5-7,9,12-13,15-16H,8,10-11H2,1-4H3,(H,31,32)(H2,27,28,33)/t15-,16-/m0/s1. The van der Waals surface area contributed by atoms with Crippen molar-refractivity contribution in [3.8, 4) is 0 Å². The monoisotopic (exact) mass is 482 g/mol. The molecule has 1 heterocycles. The van der Waals surface area contributed by atoms with E-state index in [0.717, 1.165) is 11.3 Å². The van der Waals surface area contributed by atoms with Crippen molar-refractivity contribution in [3.05, 3.63) is 35.5 Å². The number of aromatic nitrogens is 1. The highest BCUT2D eigenvalue weighted by Gasteiger charge is 2.44. The largest absolute Gasteiger partial charge is 0.481 e. The van der Waals surface area contributed by atoms with E-state index in [1.54, 1.807) is 6.07 Å². The summed E-state index contributed by atoms with van der Waals surface area (Å²) < 4.78 is 42.8. The molecule has 8 nitrogen and oxygen atoms in total. The molecule has 0 aliphatic heterocycles. The summed E-state index contributed by atoms with van der Waals surface area (Å²) in [5, 5.41) is 17.1. The number of halogens is 3. The molecule has 0 spiro atoms. The maximum Gasteiger partial charge on any atom is 0.436 e. The highest BCUT2D eigenvalue weighted by Crippen LogP contribution is 2.49. The molecule has 0 radical (unpaired) electrons. The molecule has 11 heteroatoms. The van der Waals surface area contributed by atoms with Crippen molar-refractivity contribution < 1.29 is 32.4 Å². The lowest BCUT2D eigenvalue weighted by Gasteiger charge is -2.30. The maximum atomic E-state index is 12.8. The molecule has 1 aromatic carbocycles. The van der Waals surface area contributed by atoms with Gasteiger partial charge in [0, 0.05) is 19.2 Å². The number of rotatable bonds is 9. The third-order valence-electron chi connectivity index (χ3n) is 5.35. The van der Waals surface area contributed by atoms with E-state index in [-0.39, 0.29) is 5.92 Å². The number of urea groups is 1. The minimum absolute atomic E-state index is 0.151. The van der Waals surface area contributed by atoms with Crippen LogP contribution in [0, 0.1) is 17.8 Å². The number of hydrogen-bond acceptors (Lipinski definition) is 5. The molecule has 2 amide bonds. The topological polar surface area (TPSA) is 108 Å². The third-order valence-corrected chi connectivity index (χ3v) is 5.35. The van der Waals surface area contributed by atoms with Crippen LogP contribution in [0.25, 0.3) is 0 Å². The van der Waals surface area contributed by atoms with Crippen LogP contribution >= 0.6 is 0 Å². The number of hydrogen-bond donors (Lipinski definition) is 3. The second-order valence-electron chi connectivity index (χ2n) is 9.41. The fraction of sp³-hybridized carbons (Fsp3) is 0.522. The maximum absolute atomic E-state index is 12.8. The molecular weight excluding hydrogens is 453 g/mol. The van der Waals surface area contributed by atoms with Gasteiger partial charge in [-0.25, -0.2) is 4.79 Å². The van der Waals surface area contributed by atoms with Crippen LogP contribution in [0.5, 0.6) is 0 Å². The summed E-state index contributed by atoms with van der Waals surface area (Å²) in [7, 11) is 0. The summed E-state index contributed by atoms with van der Waals surface area (Å²) in [6, 6.07) is 5.25. The lowest BCUT2D eigenvalue weighted by atomic mass is 10.0. The van der Waals surface area contributed by atoms with Crippen molar-refractivity contribution in [1.82, 2.24) is 5.16 Å². The molecule has 34 heavy (non-hydrogen) atoms. The molecule has 1 aromatic heterocycles. The predicted octanol–water partition coefficient (Wildman–Crippen LogP) is 5.64. The van der Waals surface area contributed by atoms with E-state index in [9.17, 15) is 27.9 Å². The van der Waals surface area contributed by atoms with Gasteiger partial charge in [0.1, 0.15) is 0 Å². The minimum Gasteiger partial charge on any atom is -0.481 e. The Morgan fingerprint density at radius 1 is 1.15 bits per heavy atom. The molecule has 0 bridgehead atoms. The van der Waals surface area contributed by atoms with Crippen molar-refractivity contribution in [2.45, 2.75) is 46.2 Å². The zero-order valence-corrected chi connectivity index (χ0v) is 19.4. The van der Waals surface area contributed by atoms with Crippen LogP contribution < -0.4 is 15.5 Å². The zero-order chi connectivity index (χ0) is 25.2. The molecule has 2 aromatic rings. The van der Waals surface area contributed by atoms with Gasteiger partial charge >= 0.3 is 18.2 Å². The number of benzene rings is 1. The van der Waals surface area contributed by atoms with Gasteiger partial charge < -0.3 is 19.8 Å². The number of amides is 2. The van der Waals surface area contributed by atoms with Crippen molar-refractivity contribution in [3.63, 3.8) is 0 Å². The minimum atomic E-state index is -4.69. The van der Waals surface area contributed by atoms with E-state index in [1.807, 2.05) is 12.1 Å². The smallest absolute Gasteiger partial charge is 0.436 e. The number of nitrogens with zero attached hydrogens (tertiary/aromatic N) is 2. The number of carboxylic acids is 1. The average molecular weight is 483 g/mol. The normalized spacial score (nSPS) is 17.7. The van der Waals surface area contributed by atoms with Gasteiger partial charge in [0.05, 0.1) is 17.3 Å². The summed E-state index contributed by atoms with van der Waals surface area (Å²) in [6.45, 7) is 9.73. The van der Waals surface area contributed by atoms with Crippen LogP contribution in [0.2, 0.25) is 0 Å². The van der Waals surface area contributed by atoms with Crippen molar-refractivity contribution in [1.29, 1.82) is 0 Å². The van der Waals surface area contributed by atoms with Crippen molar-refractivity contribution in [2.75, 3.05) is 28.6 Å². The number of aliphatic carboxylic acids is 1. The van der Waals surface area contributed by atoms with Gasteiger partial charge in [-0.3, -0.25) is 10.1 Å². The first-order valence-corrected chi connectivity index (χ1v) is 11.1. The molecule has 1 aliphatic rings. The average Bonchev–Trinajstić information content (AvgIpc) is 3.37. The predicted molar refractivity (Wildman–Crippen MR) is 121 cm³/mol. The van der Waals surface area contributed by atoms with Gasteiger partial charge in [-0.2, -0.15) is 13.2 Å². The lowest BCUT2D eigenvalue weighted by molar-refractivity contribution is -0.142. The van der Waals surface area contributed by atoms with Gasteiger partial charge in [-0.05, 0) is 41.9 Å². The number of carbonyl (C=O) groups excluding carboxylic acids is 1. The lowest BCUT2D eigenvalue weighted by Crippen LogP contribution is -2.32. The fourth-order valence-electron chi connectivity index (χ4n) is 3.88. The number of carbonyl (C=O) groups is 2. The van der Waals surface area contributed by atoms with E-state index in [1.165, 1.54) is 0 Å². The first-order chi connectivity index (χ1) is 15.8. The molecule has 0 saturated heterocycles. The Morgan fingerprint density at radius 2 is 1.79 bits per heavy atom. The summed E-state index contributed by atoms with van der Waals surface area (Å²) >= 11 is 0. The number of carboxylic acid groups (broad SMARTS) is 1. The van der Waals surface area contributed by atoms with E-state index >= 15 is 0 Å². The molecule has 3 rings (SSSR count). The van der Waals surface area contributed by atoms with Crippen LogP contribution in [-0.4, -0.2) is 35.4 Å². The third kappa shape index (κ3) is 6.42. The highest BCUT2D eigenvalue weighted by molar-refractivity contribution is 6.01. The summed E-state index contributed by atoms with van der Waals surface area (Å²) in [6.07, 6.45) is -4.18. The van der Waals surface area contributed by atoms with E-state index in [2.05, 4.69) is 52.9 Å². The molecule has 0 unspecified atom stereocenters. The Hall–Kier alpha value is -3.24. The summed E-state index contributed by atoms with van der Waals surface area (Å²) in [5.41, 5.74) is 0.698. The molecule has 2 atom stereocenters. The van der Waals surface area contributed by atoms with Crippen LogP contribution in [0.15, 0.2) is 28.8 Å². The molecule has 186 valence electrons. The van der Waals surface area contributed by atoms with Crippen LogP contribution in [-0.2, 0) is 11.0 Å².